The molecule has 28 heavy (non-hydrogen) atoms. The summed E-state index contributed by atoms with van der Waals surface area (Å²) in [6.07, 6.45) is 1.29. The number of hydroxylamine groups is 1. The number of sulfonamides is 1. The molecule has 2 rings (SSSR count). The summed E-state index contributed by atoms with van der Waals surface area (Å²) in [4.78, 5) is 42.6. The monoisotopic (exact) mass is 412 g/mol. The van der Waals surface area contributed by atoms with Gasteiger partial charge in [-0.05, 0) is 31.0 Å². The SMILES string of the molecule is CNC(=O)C1CCCN1C(=O)CNC(=O)c1cccc(S(=O)(=O)N(C)OC)c1. The molecule has 0 saturated carbocycles. The zero-order valence-corrected chi connectivity index (χ0v) is 16.8. The molecule has 11 heteroatoms. The number of carbonyl (C=O) groups is 3. The molecule has 1 aliphatic rings. The van der Waals surface area contributed by atoms with Crippen LogP contribution in [-0.4, -0.2) is 75.8 Å². The predicted molar refractivity (Wildman–Crippen MR) is 99.5 cm³/mol. The van der Waals surface area contributed by atoms with E-state index in [1.54, 1.807) is 0 Å². The number of carbonyl (C=O) groups excluding carboxylic acids is 3. The summed E-state index contributed by atoms with van der Waals surface area (Å²) in [7, 11) is 0.0576. The van der Waals surface area contributed by atoms with Crippen LogP contribution in [0.4, 0.5) is 0 Å². The summed E-state index contributed by atoms with van der Waals surface area (Å²) in [6.45, 7) is 0.158. The fourth-order valence-corrected chi connectivity index (χ4v) is 3.93. The minimum absolute atomic E-state index is 0.0858. The average Bonchev–Trinajstić information content (AvgIpc) is 3.20. The Bertz CT molecular complexity index is 857. The Hall–Kier alpha value is -2.50. The number of hydrogen-bond donors (Lipinski definition) is 2. The van der Waals surface area contributed by atoms with Gasteiger partial charge in [-0.1, -0.05) is 10.5 Å². The maximum Gasteiger partial charge on any atom is 0.264 e. The van der Waals surface area contributed by atoms with Crippen molar-refractivity contribution in [2.45, 2.75) is 23.8 Å². The van der Waals surface area contributed by atoms with Crippen LogP contribution in [-0.2, 0) is 24.4 Å². The van der Waals surface area contributed by atoms with Crippen molar-refractivity contribution in [3.8, 4) is 0 Å². The molecule has 1 fully saturated rings. The van der Waals surface area contributed by atoms with Gasteiger partial charge in [0.2, 0.25) is 11.8 Å². The number of benzene rings is 1. The Morgan fingerprint density at radius 1 is 1.32 bits per heavy atom. The van der Waals surface area contributed by atoms with Gasteiger partial charge < -0.3 is 15.5 Å². The lowest BCUT2D eigenvalue weighted by molar-refractivity contribution is -0.137. The van der Waals surface area contributed by atoms with E-state index in [1.807, 2.05) is 0 Å². The highest BCUT2D eigenvalue weighted by atomic mass is 32.2. The van der Waals surface area contributed by atoms with Crippen molar-refractivity contribution in [3.05, 3.63) is 29.8 Å². The van der Waals surface area contributed by atoms with Gasteiger partial charge in [0.25, 0.3) is 15.9 Å². The van der Waals surface area contributed by atoms with Crippen molar-refractivity contribution in [1.82, 2.24) is 20.0 Å². The maximum atomic E-state index is 12.4. The van der Waals surface area contributed by atoms with Gasteiger partial charge in [0.15, 0.2) is 0 Å². The van der Waals surface area contributed by atoms with Crippen molar-refractivity contribution >= 4 is 27.7 Å². The lowest BCUT2D eigenvalue weighted by atomic mass is 10.2. The fourth-order valence-electron chi connectivity index (χ4n) is 2.91. The van der Waals surface area contributed by atoms with E-state index in [2.05, 4.69) is 10.6 Å². The number of nitrogens with zero attached hydrogens (tertiary/aromatic N) is 2. The molecule has 0 aromatic heterocycles. The molecular weight excluding hydrogens is 388 g/mol. The van der Waals surface area contributed by atoms with E-state index in [1.165, 1.54) is 50.4 Å². The number of nitrogens with one attached hydrogen (secondary N) is 2. The Balaban J connectivity index is 2.05. The smallest absolute Gasteiger partial charge is 0.264 e. The zero-order chi connectivity index (χ0) is 20.9. The third kappa shape index (κ3) is 4.66. The Kier molecular flexibility index (Phi) is 7.11. The van der Waals surface area contributed by atoms with Crippen molar-refractivity contribution in [2.75, 3.05) is 34.3 Å². The largest absolute Gasteiger partial charge is 0.357 e. The average molecular weight is 412 g/mol. The molecule has 1 unspecified atom stereocenters. The van der Waals surface area contributed by atoms with Crippen molar-refractivity contribution < 1.29 is 27.6 Å². The third-order valence-electron chi connectivity index (χ3n) is 4.51. The lowest BCUT2D eigenvalue weighted by Gasteiger charge is -2.23. The van der Waals surface area contributed by atoms with Crippen LogP contribution in [0.3, 0.4) is 0 Å². The highest BCUT2D eigenvalue weighted by Crippen LogP contribution is 2.18. The standard InChI is InChI=1S/C17H24N4O6S/c1-18-17(24)14-8-5-9-21(14)15(22)11-19-16(23)12-6-4-7-13(10-12)28(25,26)20(2)27-3/h4,6-7,10,14H,5,8-9,11H2,1-3H3,(H,18,24)(H,19,23). The van der Waals surface area contributed by atoms with Crippen LogP contribution < -0.4 is 10.6 Å². The van der Waals surface area contributed by atoms with Crippen LogP contribution in [0, 0.1) is 0 Å². The molecule has 10 nitrogen and oxygen atoms in total. The Morgan fingerprint density at radius 3 is 2.68 bits per heavy atom. The molecular formula is C17H24N4O6S. The van der Waals surface area contributed by atoms with E-state index < -0.39 is 22.0 Å². The summed E-state index contributed by atoms with van der Waals surface area (Å²) in [5.41, 5.74) is 0.0858. The van der Waals surface area contributed by atoms with Crippen molar-refractivity contribution in [3.63, 3.8) is 0 Å². The molecule has 0 bridgehead atoms. The van der Waals surface area contributed by atoms with Crippen LogP contribution in [0.1, 0.15) is 23.2 Å². The minimum atomic E-state index is -3.90. The molecule has 3 amide bonds. The highest BCUT2D eigenvalue weighted by molar-refractivity contribution is 7.89. The van der Waals surface area contributed by atoms with E-state index in [9.17, 15) is 22.8 Å². The third-order valence-corrected chi connectivity index (χ3v) is 6.19. The first kappa shape index (κ1) is 21.8. The van der Waals surface area contributed by atoms with Gasteiger partial charge in [0, 0.05) is 26.2 Å². The lowest BCUT2D eigenvalue weighted by Crippen LogP contribution is -2.48. The topological polar surface area (TPSA) is 125 Å². The van der Waals surface area contributed by atoms with E-state index in [0.717, 1.165) is 0 Å². The first-order chi connectivity index (χ1) is 13.2. The first-order valence-corrected chi connectivity index (χ1v) is 10.1. The van der Waals surface area contributed by atoms with Gasteiger partial charge in [0.05, 0.1) is 18.6 Å². The molecule has 1 aliphatic heterocycles. The van der Waals surface area contributed by atoms with Crippen molar-refractivity contribution in [1.29, 1.82) is 0 Å². The molecule has 0 radical (unpaired) electrons. The van der Waals surface area contributed by atoms with Gasteiger partial charge in [0.1, 0.15) is 6.04 Å². The van der Waals surface area contributed by atoms with Gasteiger partial charge in [-0.25, -0.2) is 8.42 Å². The molecule has 1 saturated heterocycles. The van der Waals surface area contributed by atoms with Gasteiger partial charge in [-0.2, -0.15) is 0 Å². The molecule has 1 aromatic rings. The molecule has 2 N–H and O–H groups in total. The first-order valence-electron chi connectivity index (χ1n) is 8.64. The van der Waals surface area contributed by atoms with E-state index in [4.69, 9.17) is 4.84 Å². The number of likely N-dealkylation sites (tertiary alicyclic amines) is 1. The molecule has 1 heterocycles. The highest BCUT2D eigenvalue weighted by Gasteiger charge is 2.33. The van der Waals surface area contributed by atoms with Crippen LogP contribution in [0.5, 0.6) is 0 Å². The Labute approximate surface area is 163 Å². The summed E-state index contributed by atoms with van der Waals surface area (Å²) < 4.78 is 25.2. The minimum Gasteiger partial charge on any atom is -0.357 e. The van der Waals surface area contributed by atoms with E-state index in [0.29, 0.717) is 23.9 Å². The van der Waals surface area contributed by atoms with Crippen molar-refractivity contribution in [2.24, 2.45) is 0 Å². The zero-order valence-electron chi connectivity index (χ0n) is 16.0. The van der Waals surface area contributed by atoms with E-state index in [-0.39, 0.29) is 28.8 Å². The molecule has 154 valence electrons. The molecule has 0 spiro atoms. The second-order valence-electron chi connectivity index (χ2n) is 6.17. The normalized spacial score (nSPS) is 16.9. The molecule has 1 atom stereocenters. The van der Waals surface area contributed by atoms with E-state index >= 15 is 0 Å². The van der Waals surface area contributed by atoms with Crippen LogP contribution in [0.25, 0.3) is 0 Å². The predicted octanol–water partition coefficient (Wildman–Crippen LogP) is -0.665. The summed E-state index contributed by atoms with van der Waals surface area (Å²) in [5.74, 6) is -1.21. The van der Waals surface area contributed by atoms with Gasteiger partial charge >= 0.3 is 0 Å². The second-order valence-corrected chi connectivity index (χ2v) is 8.10. The summed E-state index contributed by atoms with van der Waals surface area (Å²) >= 11 is 0. The number of likely N-dealkylation sites (N-methyl/N-ethyl adjacent to an activating group) is 1. The quantitative estimate of drug-likeness (QED) is 0.573. The Morgan fingerprint density at radius 2 is 2.04 bits per heavy atom. The number of hydrogen-bond acceptors (Lipinski definition) is 6. The van der Waals surface area contributed by atoms with Crippen LogP contribution >= 0.6 is 0 Å². The molecule has 0 aliphatic carbocycles. The van der Waals surface area contributed by atoms with Gasteiger partial charge in [-0.3, -0.25) is 19.2 Å². The fraction of sp³-hybridized carbons (Fsp3) is 0.471. The number of amides is 3. The van der Waals surface area contributed by atoms with Crippen LogP contribution in [0.2, 0.25) is 0 Å². The second kappa shape index (κ2) is 9.13. The maximum absolute atomic E-state index is 12.4. The number of rotatable bonds is 7. The molecule has 1 aromatic carbocycles. The summed E-state index contributed by atoms with van der Waals surface area (Å²) in [5, 5.41) is 5.00. The van der Waals surface area contributed by atoms with Gasteiger partial charge in [-0.15, -0.1) is 0 Å². The summed E-state index contributed by atoms with van der Waals surface area (Å²) in [6, 6.07) is 4.87. The van der Waals surface area contributed by atoms with Crippen LogP contribution in [0.15, 0.2) is 29.2 Å².